The van der Waals surface area contributed by atoms with E-state index in [1.807, 2.05) is 6.92 Å². The fourth-order valence-electron chi connectivity index (χ4n) is 3.88. The number of rotatable bonds is 7. The minimum absolute atomic E-state index is 0.00281. The second-order valence-electron chi connectivity index (χ2n) is 7.75. The van der Waals surface area contributed by atoms with E-state index >= 15 is 0 Å². The summed E-state index contributed by atoms with van der Waals surface area (Å²) in [6.07, 6.45) is 4.04. The van der Waals surface area contributed by atoms with Crippen molar-refractivity contribution in [3.63, 3.8) is 0 Å². The van der Waals surface area contributed by atoms with E-state index < -0.39 is 17.7 Å². The van der Waals surface area contributed by atoms with E-state index in [1.54, 1.807) is 60.9 Å². The molecule has 2 N–H and O–H groups in total. The number of amides is 1. The van der Waals surface area contributed by atoms with Gasteiger partial charge in [-0.05, 0) is 53.9 Å². The number of carbonyl (C=O) groups excluding carboxylic acids is 2. The van der Waals surface area contributed by atoms with E-state index in [9.17, 15) is 19.8 Å². The molecule has 7 heteroatoms. The number of ether oxygens (including phenoxy) is 1. The molecule has 7 nitrogen and oxygen atoms in total. The average Bonchev–Trinajstić information content (AvgIpc) is 3.08. The zero-order valence-electron chi connectivity index (χ0n) is 18.1. The van der Waals surface area contributed by atoms with E-state index in [0.717, 1.165) is 12.0 Å². The third kappa shape index (κ3) is 4.57. The van der Waals surface area contributed by atoms with Crippen LogP contribution in [0.3, 0.4) is 0 Å². The number of carbonyl (C=O) groups is 2. The Morgan fingerprint density at radius 3 is 2.55 bits per heavy atom. The Hall–Kier alpha value is -4.13. The van der Waals surface area contributed by atoms with Gasteiger partial charge in [-0.3, -0.25) is 14.6 Å². The molecule has 0 radical (unpaired) electrons. The number of aromatic hydroxyl groups is 1. The molecular formula is C26H24N2O5. The van der Waals surface area contributed by atoms with Crippen molar-refractivity contribution in [2.45, 2.75) is 25.9 Å². The summed E-state index contributed by atoms with van der Waals surface area (Å²) in [7, 11) is 0. The normalized spacial score (nSPS) is 17.4. The molecule has 3 aromatic rings. The lowest BCUT2D eigenvalue weighted by molar-refractivity contribution is -0.140. The number of hydrogen-bond donors (Lipinski definition) is 2. The number of aliphatic hydroxyl groups is 1. The summed E-state index contributed by atoms with van der Waals surface area (Å²) in [5.41, 5.74) is 1.64. The zero-order valence-corrected chi connectivity index (χ0v) is 18.1. The van der Waals surface area contributed by atoms with Crippen LogP contribution in [0, 0.1) is 0 Å². The largest absolute Gasteiger partial charge is 0.508 e. The van der Waals surface area contributed by atoms with E-state index in [4.69, 9.17) is 4.74 Å². The van der Waals surface area contributed by atoms with Gasteiger partial charge in [0.1, 0.15) is 17.3 Å². The van der Waals surface area contributed by atoms with Crippen molar-refractivity contribution in [1.29, 1.82) is 0 Å². The van der Waals surface area contributed by atoms with Crippen molar-refractivity contribution < 1.29 is 24.5 Å². The molecule has 1 atom stereocenters. The first-order valence-electron chi connectivity index (χ1n) is 10.7. The van der Waals surface area contributed by atoms with Crippen molar-refractivity contribution in [3.8, 4) is 11.5 Å². The molecule has 33 heavy (non-hydrogen) atoms. The SMILES string of the molecule is CCCOc1cccc(/C(O)=C2/C(=O)C(=O)N(Cc3ccncc3)C2c2cccc(O)c2)c1. The maximum Gasteiger partial charge on any atom is 0.295 e. The molecule has 1 aliphatic rings. The van der Waals surface area contributed by atoms with Gasteiger partial charge in [0.25, 0.3) is 11.7 Å². The van der Waals surface area contributed by atoms with Crippen molar-refractivity contribution in [2.75, 3.05) is 6.61 Å². The van der Waals surface area contributed by atoms with Gasteiger partial charge in [0.05, 0.1) is 18.2 Å². The van der Waals surface area contributed by atoms with Gasteiger partial charge in [-0.25, -0.2) is 0 Å². The Labute approximate surface area is 191 Å². The van der Waals surface area contributed by atoms with Crippen molar-refractivity contribution in [3.05, 3.63) is 95.3 Å². The van der Waals surface area contributed by atoms with Gasteiger partial charge >= 0.3 is 0 Å². The molecule has 2 heterocycles. The number of aromatic nitrogens is 1. The second-order valence-corrected chi connectivity index (χ2v) is 7.75. The molecule has 1 aromatic heterocycles. The lowest BCUT2D eigenvalue weighted by Gasteiger charge is -2.25. The third-order valence-electron chi connectivity index (χ3n) is 5.41. The highest BCUT2D eigenvalue weighted by molar-refractivity contribution is 6.46. The van der Waals surface area contributed by atoms with Crippen LogP contribution in [0.1, 0.15) is 36.1 Å². The molecule has 2 aromatic carbocycles. The predicted molar refractivity (Wildman–Crippen MR) is 122 cm³/mol. The Bertz CT molecular complexity index is 1210. The number of aliphatic hydroxyl groups excluding tert-OH is 1. The van der Waals surface area contributed by atoms with E-state index in [0.29, 0.717) is 23.5 Å². The number of ketones is 1. The molecule has 1 unspecified atom stereocenters. The minimum atomic E-state index is -0.870. The van der Waals surface area contributed by atoms with Crippen LogP contribution in [0.25, 0.3) is 5.76 Å². The third-order valence-corrected chi connectivity index (χ3v) is 5.41. The Morgan fingerprint density at radius 1 is 1.06 bits per heavy atom. The minimum Gasteiger partial charge on any atom is -0.508 e. The van der Waals surface area contributed by atoms with Gasteiger partial charge in [0.15, 0.2) is 0 Å². The molecule has 168 valence electrons. The number of hydrogen-bond acceptors (Lipinski definition) is 6. The molecular weight excluding hydrogens is 420 g/mol. The summed E-state index contributed by atoms with van der Waals surface area (Å²) < 4.78 is 5.65. The van der Waals surface area contributed by atoms with E-state index in [2.05, 4.69) is 4.98 Å². The summed E-state index contributed by atoms with van der Waals surface area (Å²) in [6.45, 7) is 2.65. The molecule has 0 aliphatic carbocycles. The molecule has 1 fully saturated rings. The average molecular weight is 444 g/mol. The van der Waals surface area contributed by atoms with Crippen molar-refractivity contribution in [1.82, 2.24) is 9.88 Å². The Balaban J connectivity index is 1.83. The monoisotopic (exact) mass is 444 g/mol. The predicted octanol–water partition coefficient (Wildman–Crippen LogP) is 4.20. The van der Waals surface area contributed by atoms with Crippen LogP contribution in [0.5, 0.6) is 11.5 Å². The first-order chi connectivity index (χ1) is 16.0. The van der Waals surface area contributed by atoms with Crippen LogP contribution in [0.4, 0.5) is 0 Å². The Kier molecular flexibility index (Phi) is 6.40. The summed E-state index contributed by atoms with van der Waals surface area (Å²) in [5.74, 6) is -1.24. The number of Topliss-reactive ketones (excluding diaryl/α,β-unsaturated/α-hetero) is 1. The van der Waals surface area contributed by atoms with Gasteiger partial charge in [-0.1, -0.05) is 31.2 Å². The number of benzene rings is 2. The molecule has 0 spiro atoms. The van der Waals surface area contributed by atoms with Gasteiger partial charge in [0.2, 0.25) is 0 Å². The molecule has 4 rings (SSSR count). The first kappa shape index (κ1) is 22.1. The summed E-state index contributed by atoms with van der Waals surface area (Å²) in [5, 5.41) is 21.2. The molecule has 1 saturated heterocycles. The maximum atomic E-state index is 13.1. The number of pyridine rings is 1. The quantitative estimate of drug-likeness (QED) is 0.322. The standard InChI is InChI=1S/C26H24N2O5/c1-2-13-33-21-8-4-6-19(15-21)24(30)22-23(18-5-3-7-20(29)14-18)28(26(32)25(22)31)16-17-9-11-27-12-10-17/h3-12,14-15,23,29-30H,2,13,16H2,1H3/b24-22-. The highest BCUT2D eigenvalue weighted by atomic mass is 16.5. The summed E-state index contributed by atoms with van der Waals surface area (Å²) in [4.78, 5) is 31.6. The molecule has 0 bridgehead atoms. The van der Waals surface area contributed by atoms with Crippen LogP contribution in [0.2, 0.25) is 0 Å². The van der Waals surface area contributed by atoms with Crippen LogP contribution in [-0.4, -0.2) is 38.4 Å². The number of phenolic OH excluding ortho intramolecular Hbond substituents is 1. The zero-order chi connectivity index (χ0) is 23.4. The summed E-state index contributed by atoms with van der Waals surface area (Å²) in [6, 6.07) is 15.8. The highest BCUT2D eigenvalue weighted by Gasteiger charge is 2.46. The molecule has 1 amide bonds. The summed E-state index contributed by atoms with van der Waals surface area (Å²) >= 11 is 0. The van der Waals surface area contributed by atoms with Crippen molar-refractivity contribution in [2.24, 2.45) is 0 Å². The number of nitrogens with zero attached hydrogens (tertiary/aromatic N) is 2. The van der Waals surface area contributed by atoms with Gasteiger partial charge in [-0.15, -0.1) is 0 Å². The fourth-order valence-corrected chi connectivity index (χ4v) is 3.88. The van der Waals surface area contributed by atoms with Crippen LogP contribution in [-0.2, 0) is 16.1 Å². The second kappa shape index (κ2) is 9.56. The van der Waals surface area contributed by atoms with Gasteiger partial charge in [-0.2, -0.15) is 0 Å². The number of likely N-dealkylation sites (tertiary alicyclic amines) is 1. The topological polar surface area (TPSA) is 100.0 Å². The molecule has 1 aliphatic heterocycles. The van der Waals surface area contributed by atoms with Gasteiger partial charge < -0.3 is 19.8 Å². The van der Waals surface area contributed by atoms with Gasteiger partial charge in [0, 0.05) is 24.5 Å². The van der Waals surface area contributed by atoms with Crippen LogP contribution >= 0.6 is 0 Å². The first-order valence-corrected chi connectivity index (χ1v) is 10.7. The fraction of sp³-hybridized carbons (Fsp3) is 0.192. The van der Waals surface area contributed by atoms with Crippen molar-refractivity contribution >= 4 is 17.4 Å². The van der Waals surface area contributed by atoms with Crippen LogP contribution < -0.4 is 4.74 Å². The lowest BCUT2D eigenvalue weighted by Crippen LogP contribution is -2.29. The van der Waals surface area contributed by atoms with Crippen LogP contribution in [0.15, 0.2) is 78.6 Å². The highest BCUT2D eigenvalue weighted by Crippen LogP contribution is 2.41. The number of phenols is 1. The lowest BCUT2D eigenvalue weighted by atomic mass is 9.95. The molecule has 0 saturated carbocycles. The smallest absolute Gasteiger partial charge is 0.295 e. The Morgan fingerprint density at radius 2 is 1.82 bits per heavy atom. The maximum absolute atomic E-state index is 13.1. The van der Waals surface area contributed by atoms with E-state index in [-0.39, 0.29) is 23.6 Å². The van der Waals surface area contributed by atoms with E-state index in [1.165, 1.54) is 17.0 Å².